The monoisotopic (exact) mass is 233 g/mol. The number of rotatable bonds is 1. The highest BCUT2D eigenvalue weighted by molar-refractivity contribution is 9.10. The minimum absolute atomic E-state index is 0.0394. The molecule has 0 spiro atoms. The maximum absolute atomic E-state index is 10.3. The van der Waals surface area contributed by atoms with Gasteiger partial charge in [-0.05, 0) is 22.0 Å². The lowest BCUT2D eigenvalue weighted by Gasteiger charge is -1.96. The van der Waals surface area contributed by atoms with E-state index in [0.717, 1.165) is 0 Å². The second-order valence-corrected chi connectivity index (χ2v) is 3.14. The predicted octanol–water partition coefficient (Wildman–Crippen LogP) is 2.65. The fourth-order valence-corrected chi connectivity index (χ4v) is 1.26. The summed E-state index contributed by atoms with van der Waals surface area (Å²) in [6.07, 6.45) is 0. The highest BCUT2D eigenvalue weighted by Crippen LogP contribution is 2.29. The van der Waals surface area contributed by atoms with Crippen LogP contribution in [0.5, 0.6) is 0 Å². The van der Waals surface area contributed by atoms with Crippen LogP contribution in [0, 0.1) is 10.1 Å². The van der Waals surface area contributed by atoms with Crippen molar-refractivity contribution in [3.63, 3.8) is 0 Å². The quantitative estimate of drug-likeness (QED) is 0.461. The van der Waals surface area contributed by atoms with E-state index in [4.69, 9.17) is 0 Å². The van der Waals surface area contributed by atoms with E-state index < -0.39 is 4.92 Å². The van der Waals surface area contributed by atoms with Gasteiger partial charge in [0.15, 0.2) is 0 Å². The summed E-state index contributed by atoms with van der Waals surface area (Å²) in [6, 6.07) is 4.69. The van der Waals surface area contributed by atoms with Gasteiger partial charge in [-0.3, -0.25) is 10.1 Å². The Hall–Kier alpha value is -0.550. The summed E-state index contributed by atoms with van der Waals surface area (Å²) >= 11 is 7.07. The minimum atomic E-state index is -0.455. The number of nitrogens with zero attached hydrogens (tertiary/aromatic N) is 1. The number of benzene rings is 1. The molecule has 0 saturated heterocycles. The van der Waals surface area contributed by atoms with Gasteiger partial charge < -0.3 is 0 Å². The van der Waals surface area contributed by atoms with Crippen LogP contribution in [0.2, 0.25) is 0 Å². The molecular weight excluding hydrogens is 230 g/mol. The molecule has 0 aliphatic carbocycles. The summed E-state index contributed by atoms with van der Waals surface area (Å²) < 4.78 is 0.424. The first-order valence-corrected chi connectivity index (χ1v) is 3.99. The van der Waals surface area contributed by atoms with Crippen molar-refractivity contribution in [2.45, 2.75) is 4.90 Å². The zero-order chi connectivity index (χ0) is 8.43. The molecule has 58 valence electrons. The van der Waals surface area contributed by atoms with E-state index >= 15 is 0 Å². The van der Waals surface area contributed by atoms with Gasteiger partial charge in [-0.15, -0.1) is 12.6 Å². The number of thiol groups is 1. The first-order valence-electron chi connectivity index (χ1n) is 2.75. The summed E-state index contributed by atoms with van der Waals surface area (Å²) in [5.41, 5.74) is 0.0394. The molecule has 0 aliphatic heterocycles. The Morgan fingerprint density at radius 3 is 2.64 bits per heavy atom. The largest absolute Gasteiger partial charge is 0.284 e. The lowest BCUT2D eigenvalue weighted by Crippen LogP contribution is -1.88. The fraction of sp³-hybridized carbons (Fsp3) is 0. The Bertz CT molecular complexity index is 303. The van der Waals surface area contributed by atoms with Crippen LogP contribution in [0.25, 0.3) is 0 Å². The van der Waals surface area contributed by atoms with Crippen LogP contribution in [0.3, 0.4) is 0 Å². The van der Waals surface area contributed by atoms with E-state index in [2.05, 4.69) is 28.6 Å². The van der Waals surface area contributed by atoms with Crippen LogP contribution >= 0.6 is 28.6 Å². The minimum Gasteiger partial charge on any atom is -0.258 e. The van der Waals surface area contributed by atoms with E-state index in [1.165, 1.54) is 6.07 Å². The van der Waals surface area contributed by atoms with Crippen LogP contribution in [-0.4, -0.2) is 4.92 Å². The zero-order valence-corrected chi connectivity index (χ0v) is 7.80. The third kappa shape index (κ3) is 1.72. The first kappa shape index (κ1) is 8.55. The molecule has 5 heteroatoms. The molecular formula is C6H4BrNO2S. The van der Waals surface area contributed by atoms with Gasteiger partial charge in [0.05, 0.1) is 4.92 Å². The maximum atomic E-state index is 10.3. The van der Waals surface area contributed by atoms with Crippen molar-refractivity contribution in [2.24, 2.45) is 0 Å². The van der Waals surface area contributed by atoms with E-state index in [9.17, 15) is 10.1 Å². The van der Waals surface area contributed by atoms with Crippen LogP contribution in [0.15, 0.2) is 27.6 Å². The highest BCUT2D eigenvalue weighted by atomic mass is 79.9. The second-order valence-electron chi connectivity index (χ2n) is 1.87. The van der Waals surface area contributed by atoms with Gasteiger partial charge in [-0.1, -0.05) is 6.07 Å². The van der Waals surface area contributed by atoms with Crippen molar-refractivity contribution in [1.29, 1.82) is 0 Å². The number of nitro benzene ring substituents is 1. The van der Waals surface area contributed by atoms with Crippen molar-refractivity contribution >= 4 is 34.2 Å². The molecule has 0 aliphatic rings. The number of hydrogen-bond donors (Lipinski definition) is 1. The van der Waals surface area contributed by atoms with E-state index in [1.807, 2.05) is 0 Å². The lowest BCUT2D eigenvalue weighted by molar-refractivity contribution is -0.385. The molecule has 0 aromatic heterocycles. The smallest absolute Gasteiger partial charge is 0.258 e. The number of halogens is 1. The average molecular weight is 234 g/mol. The Balaban J connectivity index is 3.27. The Morgan fingerprint density at radius 1 is 1.55 bits per heavy atom. The summed E-state index contributed by atoms with van der Waals surface area (Å²) in [5.74, 6) is 0. The second kappa shape index (κ2) is 3.23. The van der Waals surface area contributed by atoms with Crippen molar-refractivity contribution < 1.29 is 4.92 Å². The molecule has 0 unspecified atom stereocenters. The van der Waals surface area contributed by atoms with Crippen LogP contribution in [-0.2, 0) is 0 Å². The molecule has 0 radical (unpaired) electrons. The van der Waals surface area contributed by atoms with Crippen molar-refractivity contribution in [3.8, 4) is 0 Å². The molecule has 1 aromatic carbocycles. The highest BCUT2D eigenvalue weighted by Gasteiger charge is 2.11. The molecule has 1 aromatic rings. The summed E-state index contributed by atoms with van der Waals surface area (Å²) in [7, 11) is 0. The van der Waals surface area contributed by atoms with Crippen LogP contribution in [0.4, 0.5) is 5.69 Å². The normalized spacial score (nSPS) is 9.64. The van der Waals surface area contributed by atoms with Gasteiger partial charge in [0.2, 0.25) is 0 Å². The van der Waals surface area contributed by atoms with E-state index in [-0.39, 0.29) is 5.69 Å². The molecule has 0 heterocycles. The molecule has 11 heavy (non-hydrogen) atoms. The summed E-state index contributed by atoms with van der Waals surface area (Å²) in [5, 5.41) is 10.3. The molecule has 0 N–H and O–H groups in total. The van der Waals surface area contributed by atoms with Gasteiger partial charge in [0.1, 0.15) is 4.47 Å². The van der Waals surface area contributed by atoms with E-state index in [0.29, 0.717) is 9.37 Å². The SMILES string of the molecule is O=[N+]([O-])c1cccc(S)c1Br. The molecule has 0 amide bonds. The van der Waals surface area contributed by atoms with Gasteiger partial charge >= 0.3 is 0 Å². The first-order chi connectivity index (χ1) is 5.13. The summed E-state index contributed by atoms with van der Waals surface area (Å²) in [6.45, 7) is 0. The molecule has 0 saturated carbocycles. The maximum Gasteiger partial charge on any atom is 0.284 e. The summed E-state index contributed by atoms with van der Waals surface area (Å²) in [4.78, 5) is 10.4. The molecule has 0 bridgehead atoms. The number of hydrogen-bond acceptors (Lipinski definition) is 3. The predicted molar refractivity (Wildman–Crippen MR) is 48.0 cm³/mol. The topological polar surface area (TPSA) is 43.1 Å². The Labute approximate surface area is 77.1 Å². The van der Waals surface area contributed by atoms with Crippen molar-refractivity contribution in [2.75, 3.05) is 0 Å². The Morgan fingerprint density at radius 2 is 2.18 bits per heavy atom. The molecule has 3 nitrogen and oxygen atoms in total. The fourth-order valence-electron chi connectivity index (χ4n) is 0.649. The lowest BCUT2D eigenvalue weighted by atomic mass is 10.3. The third-order valence-corrected chi connectivity index (χ3v) is 2.67. The standard InChI is InChI=1S/C6H4BrNO2S/c7-6-4(8(9)10)2-1-3-5(6)11/h1-3,11H. The zero-order valence-electron chi connectivity index (χ0n) is 5.32. The van der Waals surface area contributed by atoms with Crippen LogP contribution in [0.1, 0.15) is 0 Å². The van der Waals surface area contributed by atoms with Gasteiger partial charge in [-0.2, -0.15) is 0 Å². The van der Waals surface area contributed by atoms with Gasteiger partial charge in [0.25, 0.3) is 5.69 Å². The molecule has 0 atom stereocenters. The third-order valence-electron chi connectivity index (χ3n) is 1.15. The van der Waals surface area contributed by atoms with Gasteiger partial charge in [-0.25, -0.2) is 0 Å². The van der Waals surface area contributed by atoms with E-state index in [1.54, 1.807) is 12.1 Å². The molecule has 1 rings (SSSR count). The average Bonchev–Trinajstić information content (AvgIpc) is 1.94. The van der Waals surface area contributed by atoms with Gasteiger partial charge in [0, 0.05) is 11.0 Å². The molecule has 0 fully saturated rings. The van der Waals surface area contributed by atoms with Crippen molar-refractivity contribution in [3.05, 3.63) is 32.8 Å². The van der Waals surface area contributed by atoms with Crippen molar-refractivity contribution in [1.82, 2.24) is 0 Å². The van der Waals surface area contributed by atoms with Crippen LogP contribution < -0.4 is 0 Å². The Kier molecular flexibility index (Phi) is 2.51. The number of nitro groups is 1.